The van der Waals surface area contributed by atoms with Crippen LogP contribution in [0.15, 0.2) is 40.3 Å². The molecule has 5 nitrogen and oxygen atoms in total. The predicted molar refractivity (Wildman–Crippen MR) is 86.8 cm³/mol. The fourth-order valence-corrected chi connectivity index (χ4v) is 2.81. The topological polar surface area (TPSA) is 58.4 Å². The first-order valence-electron chi connectivity index (χ1n) is 7.68. The van der Waals surface area contributed by atoms with E-state index in [0.717, 1.165) is 36.1 Å². The number of carbonyl (C=O) groups is 1. The first kappa shape index (κ1) is 14.6. The smallest absolute Gasteiger partial charge is 0.298 e. The Hall–Kier alpha value is -2.30. The van der Waals surface area contributed by atoms with Gasteiger partial charge in [-0.3, -0.25) is 4.79 Å². The molecule has 0 saturated carbocycles. The van der Waals surface area contributed by atoms with Crippen LogP contribution in [0.2, 0.25) is 0 Å². The summed E-state index contributed by atoms with van der Waals surface area (Å²) in [6.45, 7) is 5.36. The van der Waals surface area contributed by atoms with E-state index in [-0.39, 0.29) is 11.9 Å². The second kappa shape index (κ2) is 6.22. The molecule has 1 amide bonds. The van der Waals surface area contributed by atoms with Gasteiger partial charge in [-0.05, 0) is 38.8 Å². The summed E-state index contributed by atoms with van der Waals surface area (Å²) in [4.78, 5) is 18.5. The van der Waals surface area contributed by atoms with Crippen molar-refractivity contribution in [3.8, 4) is 0 Å². The number of aromatic nitrogens is 1. The van der Waals surface area contributed by atoms with Gasteiger partial charge < -0.3 is 14.6 Å². The zero-order valence-corrected chi connectivity index (χ0v) is 13.0. The molecule has 0 spiro atoms. The van der Waals surface area contributed by atoms with Gasteiger partial charge >= 0.3 is 0 Å². The molecule has 1 aromatic carbocycles. The number of fused-ring (bicyclic) bond motifs is 1. The van der Waals surface area contributed by atoms with E-state index in [4.69, 9.17) is 4.42 Å². The van der Waals surface area contributed by atoms with Crippen molar-refractivity contribution in [1.82, 2.24) is 10.3 Å². The number of rotatable bonds is 4. The number of nitrogens with one attached hydrogen (secondary N) is 1. The maximum atomic E-state index is 11.7. The van der Waals surface area contributed by atoms with Crippen LogP contribution in [0.1, 0.15) is 26.7 Å². The van der Waals surface area contributed by atoms with Gasteiger partial charge in [0.25, 0.3) is 6.01 Å². The minimum absolute atomic E-state index is 0.0376. The molecule has 1 atom stereocenters. The molecule has 3 rings (SSSR count). The number of anilines is 1. The third-order valence-corrected chi connectivity index (χ3v) is 3.84. The maximum Gasteiger partial charge on any atom is 0.298 e. The van der Waals surface area contributed by atoms with Crippen molar-refractivity contribution >= 4 is 23.0 Å². The SMILES string of the molecule is CC(C)=CC(=O)NCC1CCCN1c1nc2ccccc2o1. The van der Waals surface area contributed by atoms with E-state index < -0.39 is 0 Å². The number of benzene rings is 1. The minimum atomic E-state index is -0.0376. The van der Waals surface area contributed by atoms with Gasteiger partial charge in [0, 0.05) is 19.2 Å². The van der Waals surface area contributed by atoms with Crippen LogP contribution in [0.5, 0.6) is 0 Å². The molecule has 1 unspecified atom stereocenters. The number of allylic oxidation sites excluding steroid dienone is 1. The summed E-state index contributed by atoms with van der Waals surface area (Å²) in [6, 6.07) is 8.66. The zero-order chi connectivity index (χ0) is 15.5. The molecular weight excluding hydrogens is 278 g/mol. The number of amides is 1. The number of hydrogen-bond donors (Lipinski definition) is 1. The van der Waals surface area contributed by atoms with Crippen molar-refractivity contribution in [2.45, 2.75) is 32.7 Å². The van der Waals surface area contributed by atoms with Crippen molar-refractivity contribution in [3.05, 3.63) is 35.9 Å². The Kier molecular flexibility index (Phi) is 4.13. The van der Waals surface area contributed by atoms with Crippen LogP contribution in [0.4, 0.5) is 6.01 Å². The number of oxazole rings is 1. The molecule has 1 aliphatic heterocycles. The first-order chi connectivity index (χ1) is 10.6. The van der Waals surface area contributed by atoms with Crippen LogP contribution in [-0.2, 0) is 4.79 Å². The van der Waals surface area contributed by atoms with E-state index in [1.807, 2.05) is 38.1 Å². The third kappa shape index (κ3) is 3.13. The Morgan fingerprint density at radius 1 is 1.45 bits per heavy atom. The first-order valence-corrected chi connectivity index (χ1v) is 7.68. The second-order valence-electron chi connectivity index (χ2n) is 5.92. The van der Waals surface area contributed by atoms with Crippen molar-refractivity contribution in [2.24, 2.45) is 0 Å². The minimum Gasteiger partial charge on any atom is -0.423 e. The Labute approximate surface area is 130 Å². The van der Waals surface area contributed by atoms with Crippen LogP contribution in [-0.4, -0.2) is 30.0 Å². The zero-order valence-electron chi connectivity index (χ0n) is 13.0. The highest BCUT2D eigenvalue weighted by molar-refractivity contribution is 5.88. The molecule has 1 aromatic heterocycles. The Morgan fingerprint density at radius 2 is 2.27 bits per heavy atom. The van der Waals surface area contributed by atoms with Gasteiger partial charge in [-0.2, -0.15) is 4.98 Å². The Balaban J connectivity index is 1.70. The summed E-state index contributed by atoms with van der Waals surface area (Å²) >= 11 is 0. The molecule has 5 heteroatoms. The van der Waals surface area contributed by atoms with Gasteiger partial charge in [-0.25, -0.2) is 0 Å². The second-order valence-corrected chi connectivity index (χ2v) is 5.92. The molecule has 1 aliphatic rings. The van der Waals surface area contributed by atoms with E-state index in [1.165, 1.54) is 0 Å². The molecule has 116 valence electrons. The van der Waals surface area contributed by atoms with E-state index in [1.54, 1.807) is 6.08 Å². The fraction of sp³-hybridized carbons (Fsp3) is 0.412. The molecule has 1 fully saturated rings. The lowest BCUT2D eigenvalue weighted by Gasteiger charge is -2.22. The highest BCUT2D eigenvalue weighted by atomic mass is 16.4. The normalized spacial score (nSPS) is 17.7. The lowest BCUT2D eigenvalue weighted by Crippen LogP contribution is -2.40. The largest absolute Gasteiger partial charge is 0.423 e. The van der Waals surface area contributed by atoms with Crippen molar-refractivity contribution in [2.75, 3.05) is 18.0 Å². The fourth-order valence-electron chi connectivity index (χ4n) is 2.81. The number of carbonyl (C=O) groups excluding carboxylic acids is 1. The Bertz CT molecular complexity index is 668. The van der Waals surface area contributed by atoms with Gasteiger partial charge in [-0.1, -0.05) is 17.7 Å². The number of hydrogen-bond acceptors (Lipinski definition) is 4. The summed E-state index contributed by atoms with van der Waals surface area (Å²) in [7, 11) is 0. The molecule has 0 aliphatic carbocycles. The lowest BCUT2D eigenvalue weighted by molar-refractivity contribution is -0.116. The number of para-hydroxylation sites is 2. The summed E-state index contributed by atoms with van der Waals surface area (Å²) in [6.07, 6.45) is 3.74. The molecule has 22 heavy (non-hydrogen) atoms. The van der Waals surface area contributed by atoms with Crippen molar-refractivity contribution in [3.63, 3.8) is 0 Å². The predicted octanol–water partition coefficient (Wildman–Crippen LogP) is 2.88. The van der Waals surface area contributed by atoms with Crippen molar-refractivity contribution < 1.29 is 9.21 Å². The summed E-state index contributed by atoms with van der Waals surface area (Å²) in [5.74, 6) is -0.0376. The molecular formula is C17H21N3O2. The van der Waals surface area contributed by atoms with Gasteiger partial charge in [0.2, 0.25) is 5.91 Å². The molecule has 0 bridgehead atoms. The number of nitrogens with zero attached hydrogens (tertiary/aromatic N) is 2. The van der Waals surface area contributed by atoms with Crippen LogP contribution >= 0.6 is 0 Å². The highest BCUT2D eigenvalue weighted by Gasteiger charge is 2.28. The molecule has 2 heterocycles. The van der Waals surface area contributed by atoms with Crippen LogP contribution < -0.4 is 10.2 Å². The van der Waals surface area contributed by atoms with Gasteiger partial charge in [-0.15, -0.1) is 0 Å². The van der Waals surface area contributed by atoms with E-state index in [9.17, 15) is 4.79 Å². The average molecular weight is 299 g/mol. The summed E-state index contributed by atoms with van der Waals surface area (Å²) in [5, 5.41) is 2.96. The Morgan fingerprint density at radius 3 is 3.05 bits per heavy atom. The quantitative estimate of drug-likeness (QED) is 0.882. The summed E-state index contributed by atoms with van der Waals surface area (Å²) < 4.78 is 5.84. The van der Waals surface area contributed by atoms with Gasteiger partial charge in [0.15, 0.2) is 5.58 Å². The molecule has 2 aromatic rings. The van der Waals surface area contributed by atoms with Gasteiger partial charge in [0.1, 0.15) is 5.52 Å². The van der Waals surface area contributed by atoms with Crippen molar-refractivity contribution in [1.29, 1.82) is 0 Å². The van der Waals surface area contributed by atoms with Gasteiger partial charge in [0.05, 0.1) is 6.04 Å². The maximum absolute atomic E-state index is 11.7. The van der Waals surface area contributed by atoms with Crippen LogP contribution in [0.25, 0.3) is 11.1 Å². The van der Waals surface area contributed by atoms with E-state index >= 15 is 0 Å². The van der Waals surface area contributed by atoms with E-state index in [2.05, 4.69) is 15.2 Å². The lowest BCUT2D eigenvalue weighted by atomic mass is 10.2. The standard InChI is InChI=1S/C17H21N3O2/c1-12(2)10-16(21)18-11-13-6-5-9-20(13)17-19-14-7-3-4-8-15(14)22-17/h3-4,7-8,10,13H,5-6,9,11H2,1-2H3,(H,18,21). The summed E-state index contributed by atoms with van der Waals surface area (Å²) in [5.41, 5.74) is 2.67. The third-order valence-electron chi connectivity index (χ3n) is 3.84. The highest BCUT2D eigenvalue weighted by Crippen LogP contribution is 2.27. The molecule has 1 N–H and O–H groups in total. The average Bonchev–Trinajstić information content (AvgIpc) is 3.10. The van der Waals surface area contributed by atoms with E-state index in [0.29, 0.717) is 12.6 Å². The molecule has 0 radical (unpaired) electrons. The van der Waals surface area contributed by atoms with Crippen LogP contribution in [0, 0.1) is 0 Å². The monoisotopic (exact) mass is 299 g/mol. The molecule has 1 saturated heterocycles. The van der Waals surface area contributed by atoms with Crippen LogP contribution in [0.3, 0.4) is 0 Å².